The van der Waals surface area contributed by atoms with Crippen molar-refractivity contribution in [3.05, 3.63) is 66.0 Å². The molecule has 98 valence electrons. The molecule has 1 aliphatic rings. The number of rotatable bonds is 3. The minimum Gasteiger partial charge on any atom is -0.384 e. The number of hydrogen-bond donors (Lipinski definition) is 1. The van der Waals surface area contributed by atoms with E-state index in [2.05, 4.69) is 34.1 Å². The predicted octanol–water partition coefficient (Wildman–Crippen LogP) is 2.18. The minimum atomic E-state index is -0.747. The van der Waals surface area contributed by atoms with E-state index in [0.717, 1.165) is 25.1 Å². The average molecular weight is 254 g/mol. The van der Waals surface area contributed by atoms with E-state index in [-0.39, 0.29) is 0 Å². The Morgan fingerprint density at radius 2 is 2.00 bits per heavy atom. The van der Waals surface area contributed by atoms with Crippen LogP contribution in [0, 0.1) is 0 Å². The Kier molecular flexibility index (Phi) is 3.32. The Morgan fingerprint density at radius 3 is 2.74 bits per heavy atom. The molecule has 19 heavy (non-hydrogen) atoms. The van der Waals surface area contributed by atoms with E-state index in [9.17, 15) is 5.11 Å². The van der Waals surface area contributed by atoms with E-state index in [1.165, 1.54) is 5.56 Å². The van der Waals surface area contributed by atoms with E-state index < -0.39 is 5.60 Å². The van der Waals surface area contributed by atoms with Gasteiger partial charge in [-0.1, -0.05) is 36.4 Å². The van der Waals surface area contributed by atoms with Crippen molar-refractivity contribution < 1.29 is 5.11 Å². The van der Waals surface area contributed by atoms with Gasteiger partial charge in [0.25, 0.3) is 0 Å². The van der Waals surface area contributed by atoms with Crippen LogP contribution in [0.1, 0.15) is 17.5 Å². The molecule has 1 atom stereocenters. The van der Waals surface area contributed by atoms with Crippen molar-refractivity contribution in [2.75, 3.05) is 13.1 Å². The summed E-state index contributed by atoms with van der Waals surface area (Å²) in [7, 11) is 0. The molecule has 2 heterocycles. The molecule has 1 fully saturated rings. The van der Waals surface area contributed by atoms with Crippen LogP contribution in [-0.4, -0.2) is 28.1 Å². The van der Waals surface area contributed by atoms with Crippen LogP contribution in [0.4, 0.5) is 0 Å². The lowest BCUT2D eigenvalue weighted by Crippen LogP contribution is -2.30. The normalized spacial score (nSPS) is 23.6. The molecule has 0 amide bonds. The summed E-state index contributed by atoms with van der Waals surface area (Å²) in [5, 5.41) is 10.7. The van der Waals surface area contributed by atoms with Crippen molar-refractivity contribution in [3.8, 4) is 0 Å². The van der Waals surface area contributed by atoms with Crippen LogP contribution in [-0.2, 0) is 12.1 Å². The molecule has 1 saturated heterocycles. The third-order valence-corrected chi connectivity index (χ3v) is 3.77. The highest BCUT2D eigenvalue weighted by atomic mass is 16.3. The van der Waals surface area contributed by atoms with Gasteiger partial charge in [0.1, 0.15) is 5.60 Å². The number of pyridine rings is 1. The average Bonchev–Trinajstić information content (AvgIpc) is 2.84. The number of likely N-dealkylation sites (tertiary alicyclic amines) is 1. The SMILES string of the molecule is OC1(c2cccnc2)CCN(Cc2ccccc2)C1. The van der Waals surface area contributed by atoms with Crippen LogP contribution >= 0.6 is 0 Å². The van der Waals surface area contributed by atoms with Crippen molar-refractivity contribution in [2.24, 2.45) is 0 Å². The zero-order chi connectivity index (χ0) is 13.1. The first-order chi connectivity index (χ1) is 9.26. The third-order valence-electron chi connectivity index (χ3n) is 3.77. The van der Waals surface area contributed by atoms with Gasteiger partial charge in [0.15, 0.2) is 0 Å². The van der Waals surface area contributed by atoms with Crippen LogP contribution in [0.3, 0.4) is 0 Å². The van der Waals surface area contributed by atoms with Gasteiger partial charge >= 0.3 is 0 Å². The van der Waals surface area contributed by atoms with Crippen LogP contribution in [0.2, 0.25) is 0 Å². The lowest BCUT2D eigenvalue weighted by atomic mass is 9.95. The quantitative estimate of drug-likeness (QED) is 0.912. The number of aromatic nitrogens is 1. The summed E-state index contributed by atoms with van der Waals surface area (Å²) < 4.78 is 0. The maximum Gasteiger partial charge on any atom is 0.105 e. The van der Waals surface area contributed by atoms with E-state index in [1.807, 2.05) is 18.2 Å². The molecule has 1 N–H and O–H groups in total. The van der Waals surface area contributed by atoms with Crippen LogP contribution in [0.25, 0.3) is 0 Å². The fourth-order valence-corrected chi connectivity index (χ4v) is 2.72. The number of aliphatic hydroxyl groups is 1. The van der Waals surface area contributed by atoms with Gasteiger partial charge in [0.2, 0.25) is 0 Å². The van der Waals surface area contributed by atoms with Gasteiger partial charge < -0.3 is 5.11 Å². The molecule has 1 aliphatic heterocycles. The molecular formula is C16H18N2O. The molecule has 0 saturated carbocycles. The molecule has 3 rings (SSSR count). The smallest absolute Gasteiger partial charge is 0.105 e. The number of benzene rings is 1. The summed E-state index contributed by atoms with van der Waals surface area (Å²) in [5.74, 6) is 0. The third kappa shape index (κ3) is 2.67. The first kappa shape index (κ1) is 12.3. The molecule has 0 spiro atoms. The predicted molar refractivity (Wildman–Crippen MR) is 74.5 cm³/mol. The number of hydrogen-bond acceptors (Lipinski definition) is 3. The van der Waals surface area contributed by atoms with Crippen molar-refractivity contribution in [2.45, 2.75) is 18.6 Å². The molecule has 1 unspecified atom stereocenters. The molecule has 0 radical (unpaired) electrons. The summed E-state index contributed by atoms with van der Waals surface area (Å²) in [5.41, 5.74) is 1.46. The maximum absolute atomic E-state index is 10.7. The monoisotopic (exact) mass is 254 g/mol. The van der Waals surface area contributed by atoms with Gasteiger partial charge in [0, 0.05) is 37.6 Å². The molecule has 1 aromatic heterocycles. The Hall–Kier alpha value is -1.71. The lowest BCUT2D eigenvalue weighted by molar-refractivity contribution is 0.0449. The highest BCUT2D eigenvalue weighted by Crippen LogP contribution is 2.31. The van der Waals surface area contributed by atoms with E-state index >= 15 is 0 Å². The fourth-order valence-electron chi connectivity index (χ4n) is 2.72. The molecular weight excluding hydrogens is 236 g/mol. The molecule has 1 aromatic carbocycles. The van der Waals surface area contributed by atoms with Gasteiger partial charge in [-0.2, -0.15) is 0 Å². The van der Waals surface area contributed by atoms with Gasteiger partial charge in [-0.05, 0) is 18.1 Å². The summed E-state index contributed by atoms with van der Waals surface area (Å²) in [6.07, 6.45) is 4.28. The standard InChI is InChI=1S/C16H18N2O/c19-16(15-7-4-9-17-11-15)8-10-18(13-16)12-14-5-2-1-3-6-14/h1-7,9,11,19H,8,10,12-13H2. The maximum atomic E-state index is 10.7. The van der Waals surface area contributed by atoms with Gasteiger partial charge in [-0.3, -0.25) is 9.88 Å². The van der Waals surface area contributed by atoms with Gasteiger partial charge in [-0.15, -0.1) is 0 Å². The fraction of sp³-hybridized carbons (Fsp3) is 0.312. The van der Waals surface area contributed by atoms with E-state index in [1.54, 1.807) is 12.4 Å². The van der Waals surface area contributed by atoms with Crippen LogP contribution < -0.4 is 0 Å². The Morgan fingerprint density at radius 1 is 1.16 bits per heavy atom. The first-order valence-corrected chi connectivity index (χ1v) is 6.65. The van der Waals surface area contributed by atoms with Gasteiger partial charge in [-0.25, -0.2) is 0 Å². The zero-order valence-electron chi connectivity index (χ0n) is 10.9. The Balaban J connectivity index is 1.70. The minimum absolute atomic E-state index is 0.674. The van der Waals surface area contributed by atoms with E-state index in [0.29, 0.717) is 6.54 Å². The van der Waals surface area contributed by atoms with Crippen molar-refractivity contribution in [3.63, 3.8) is 0 Å². The molecule has 0 bridgehead atoms. The second kappa shape index (κ2) is 5.11. The first-order valence-electron chi connectivity index (χ1n) is 6.65. The summed E-state index contributed by atoms with van der Waals surface area (Å²) >= 11 is 0. The molecule has 2 aromatic rings. The Labute approximate surface area is 113 Å². The van der Waals surface area contributed by atoms with Crippen molar-refractivity contribution in [1.29, 1.82) is 0 Å². The highest BCUT2D eigenvalue weighted by Gasteiger charge is 2.37. The molecule has 3 heteroatoms. The second-order valence-electron chi connectivity index (χ2n) is 5.22. The summed E-state index contributed by atoms with van der Waals surface area (Å²) in [6, 6.07) is 14.2. The molecule has 3 nitrogen and oxygen atoms in total. The molecule has 0 aliphatic carbocycles. The van der Waals surface area contributed by atoms with Crippen LogP contribution in [0.15, 0.2) is 54.9 Å². The van der Waals surface area contributed by atoms with Crippen LogP contribution in [0.5, 0.6) is 0 Å². The van der Waals surface area contributed by atoms with Crippen molar-refractivity contribution in [1.82, 2.24) is 9.88 Å². The second-order valence-corrected chi connectivity index (χ2v) is 5.22. The van der Waals surface area contributed by atoms with Crippen molar-refractivity contribution >= 4 is 0 Å². The number of β-amino-alcohol motifs (C(OH)–C–C–N with tert-alkyl or cyclic N) is 1. The highest BCUT2D eigenvalue weighted by molar-refractivity contribution is 5.21. The zero-order valence-corrected chi connectivity index (χ0v) is 10.9. The lowest BCUT2D eigenvalue weighted by Gasteiger charge is -2.23. The summed E-state index contributed by atoms with van der Waals surface area (Å²) in [6.45, 7) is 2.48. The van der Waals surface area contributed by atoms with Gasteiger partial charge in [0.05, 0.1) is 0 Å². The Bertz CT molecular complexity index is 529. The number of nitrogens with zero attached hydrogens (tertiary/aromatic N) is 2. The summed E-state index contributed by atoms with van der Waals surface area (Å²) in [4.78, 5) is 6.40. The topological polar surface area (TPSA) is 36.4 Å². The largest absolute Gasteiger partial charge is 0.384 e. The van der Waals surface area contributed by atoms with E-state index in [4.69, 9.17) is 0 Å².